The predicted octanol–water partition coefficient (Wildman–Crippen LogP) is -0.419. The number of carbonyl (C=O) groups excluding carboxylic acids is 1. The third-order valence-electron chi connectivity index (χ3n) is 2.59. The number of hydrogen-bond donors (Lipinski definition) is 2. The zero-order valence-corrected chi connectivity index (χ0v) is 9.90. The standard InChI is InChI=1S/C10H13N3O3S/c11-7-1-2-9(12-5-7)10(14)13-8-3-4-17(15,16)6-8/h1-2,5,8H,3-4,6,11H2,(H,13,14). The topological polar surface area (TPSA) is 102 Å². The molecule has 1 aliphatic rings. The molecule has 0 spiro atoms. The summed E-state index contributed by atoms with van der Waals surface area (Å²) in [5, 5.41) is 2.65. The molecule has 1 unspecified atom stereocenters. The van der Waals surface area contributed by atoms with Gasteiger partial charge in [-0.1, -0.05) is 0 Å². The van der Waals surface area contributed by atoms with E-state index >= 15 is 0 Å². The third kappa shape index (κ3) is 2.94. The second kappa shape index (κ2) is 4.33. The number of amides is 1. The van der Waals surface area contributed by atoms with Gasteiger partial charge in [0.05, 0.1) is 23.4 Å². The van der Waals surface area contributed by atoms with Gasteiger partial charge in [-0.3, -0.25) is 4.79 Å². The molecule has 0 aliphatic carbocycles. The van der Waals surface area contributed by atoms with Crippen LogP contribution >= 0.6 is 0 Å². The number of nitrogens with two attached hydrogens (primary N) is 1. The SMILES string of the molecule is Nc1ccc(C(=O)NC2CCS(=O)(=O)C2)nc1. The number of carbonyl (C=O) groups is 1. The van der Waals surface area contributed by atoms with Gasteiger partial charge in [-0.2, -0.15) is 0 Å². The molecule has 1 amide bonds. The third-order valence-corrected chi connectivity index (χ3v) is 4.35. The molecule has 2 heterocycles. The van der Waals surface area contributed by atoms with Crippen molar-refractivity contribution in [3.63, 3.8) is 0 Å². The summed E-state index contributed by atoms with van der Waals surface area (Å²) in [6.07, 6.45) is 1.85. The van der Waals surface area contributed by atoms with Crippen LogP contribution in [0.1, 0.15) is 16.9 Å². The first-order valence-electron chi connectivity index (χ1n) is 5.19. The first kappa shape index (κ1) is 11.8. The number of sulfone groups is 1. The molecule has 0 radical (unpaired) electrons. The second-order valence-corrected chi connectivity index (χ2v) is 6.28. The minimum Gasteiger partial charge on any atom is -0.397 e. The van der Waals surface area contributed by atoms with Gasteiger partial charge in [0.2, 0.25) is 0 Å². The Balaban J connectivity index is 2.01. The lowest BCUT2D eigenvalue weighted by Crippen LogP contribution is -2.36. The second-order valence-electron chi connectivity index (χ2n) is 4.05. The summed E-state index contributed by atoms with van der Waals surface area (Å²) in [5.74, 6) is -0.229. The average molecular weight is 255 g/mol. The highest BCUT2D eigenvalue weighted by atomic mass is 32.2. The molecule has 1 aliphatic heterocycles. The minimum atomic E-state index is -2.99. The predicted molar refractivity (Wildman–Crippen MR) is 63.2 cm³/mol. The van der Waals surface area contributed by atoms with Gasteiger partial charge in [0, 0.05) is 6.04 Å². The summed E-state index contributed by atoms with van der Waals surface area (Å²) in [4.78, 5) is 15.6. The van der Waals surface area contributed by atoms with Crippen LogP contribution in [0.2, 0.25) is 0 Å². The van der Waals surface area contributed by atoms with E-state index in [1.54, 1.807) is 6.07 Å². The zero-order valence-electron chi connectivity index (χ0n) is 9.09. The van der Waals surface area contributed by atoms with Gasteiger partial charge in [0.15, 0.2) is 9.84 Å². The molecule has 92 valence electrons. The molecule has 1 fully saturated rings. The molecule has 7 heteroatoms. The Kier molecular flexibility index (Phi) is 3.01. The molecule has 1 aromatic heterocycles. The van der Waals surface area contributed by atoms with Gasteiger partial charge in [0.1, 0.15) is 5.69 Å². The quantitative estimate of drug-likeness (QED) is 0.747. The van der Waals surface area contributed by atoms with Crippen molar-refractivity contribution in [2.24, 2.45) is 0 Å². The lowest BCUT2D eigenvalue weighted by molar-refractivity contribution is 0.0936. The molecule has 6 nitrogen and oxygen atoms in total. The van der Waals surface area contributed by atoms with Gasteiger partial charge < -0.3 is 11.1 Å². The van der Waals surface area contributed by atoms with Gasteiger partial charge >= 0.3 is 0 Å². The maximum absolute atomic E-state index is 11.7. The van der Waals surface area contributed by atoms with E-state index in [1.807, 2.05) is 0 Å². The Morgan fingerprint density at radius 1 is 1.47 bits per heavy atom. The van der Waals surface area contributed by atoms with E-state index in [0.29, 0.717) is 12.1 Å². The first-order chi connectivity index (χ1) is 7.96. The number of aromatic nitrogens is 1. The zero-order chi connectivity index (χ0) is 12.5. The molecule has 1 atom stereocenters. The Labute approximate surface area is 99.1 Å². The lowest BCUT2D eigenvalue weighted by Gasteiger charge is -2.09. The van der Waals surface area contributed by atoms with Gasteiger partial charge in [-0.15, -0.1) is 0 Å². The van der Waals surface area contributed by atoms with Crippen LogP contribution < -0.4 is 11.1 Å². The highest BCUT2D eigenvalue weighted by Crippen LogP contribution is 2.12. The highest BCUT2D eigenvalue weighted by molar-refractivity contribution is 7.91. The van der Waals surface area contributed by atoms with Crippen molar-refractivity contribution in [1.82, 2.24) is 10.3 Å². The molecule has 0 saturated carbocycles. The smallest absolute Gasteiger partial charge is 0.270 e. The van der Waals surface area contributed by atoms with E-state index in [0.717, 1.165) is 0 Å². The molecule has 0 bridgehead atoms. The van der Waals surface area contributed by atoms with Crippen LogP contribution in [0.15, 0.2) is 18.3 Å². The summed E-state index contributed by atoms with van der Waals surface area (Å²) < 4.78 is 22.4. The van der Waals surface area contributed by atoms with Crippen LogP contribution in [-0.4, -0.2) is 36.9 Å². The number of rotatable bonds is 2. The van der Waals surface area contributed by atoms with Crippen LogP contribution in [0.25, 0.3) is 0 Å². The van der Waals surface area contributed by atoms with Gasteiger partial charge in [-0.05, 0) is 18.6 Å². The van der Waals surface area contributed by atoms with Gasteiger partial charge in [0.25, 0.3) is 5.91 Å². The van der Waals surface area contributed by atoms with Gasteiger partial charge in [-0.25, -0.2) is 13.4 Å². The molecule has 0 aromatic carbocycles. The number of nitrogen functional groups attached to an aromatic ring is 1. The largest absolute Gasteiger partial charge is 0.397 e. The van der Waals surface area contributed by atoms with E-state index in [4.69, 9.17) is 5.73 Å². The normalized spacial score (nSPS) is 22.2. The van der Waals surface area contributed by atoms with Crippen molar-refractivity contribution >= 4 is 21.4 Å². The summed E-state index contributed by atoms with van der Waals surface area (Å²) in [7, 11) is -2.99. The number of anilines is 1. The maximum atomic E-state index is 11.7. The van der Waals surface area contributed by atoms with Crippen LogP contribution in [0.4, 0.5) is 5.69 Å². The summed E-state index contributed by atoms with van der Waals surface area (Å²) in [5.41, 5.74) is 6.17. The Hall–Kier alpha value is -1.63. The van der Waals surface area contributed by atoms with E-state index in [2.05, 4.69) is 10.3 Å². The van der Waals surface area contributed by atoms with Crippen LogP contribution in [-0.2, 0) is 9.84 Å². The fourth-order valence-corrected chi connectivity index (χ4v) is 3.38. The molecule has 1 saturated heterocycles. The van der Waals surface area contributed by atoms with E-state index < -0.39 is 9.84 Å². The molecule has 1 aromatic rings. The van der Waals surface area contributed by atoms with Crippen LogP contribution in [0, 0.1) is 0 Å². The highest BCUT2D eigenvalue weighted by Gasteiger charge is 2.29. The lowest BCUT2D eigenvalue weighted by atomic mass is 10.2. The number of nitrogens with one attached hydrogen (secondary N) is 1. The monoisotopic (exact) mass is 255 g/mol. The van der Waals surface area contributed by atoms with Crippen molar-refractivity contribution in [2.75, 3.05) is 17.2 Å². The average Bonchev–Trinajstić information content (AvgIpc) is 2.59. The first-order valence-corrected chi connectivity index (χ1v) is 7.01. The number of nitrogens with zero attached hydrogens (tertiary/aromatic N) is 1. The van der Waals surface area contributed by atoms with Crippen LogP contribution in [0.5, 0.6) is 0 Å². The van der Waals surface area contributed by atoms with Crippen molar-refractivity contribution in [3.05, 3.63) is 24.0 Å². The molecule has 17 heavy (non-hydrogen) atoms. The number of pyridine rings is 1. The van der Waals surface area contributed by atoms with E-state index in [1.165, 1.54) is 12.3 Å². The van der Waals surface area contributed by atoms with Crippen LogP contribution in [0.3, 0.4) is 0 Å². The summed E-state index contributed by atoms with van der Waals surface area (Å²) in [6.45, 7) is 0. The number of hydrogen-bond acceptors (Lipinski definition) is 5. The van der Waals surface area contributed by atoms with Crippen molar-refractivity contribution in [1.29, 1.82) is 0 Å². The van der Waals surface area contributed by atoms with Crippen molar-refractivity contribution in [2.45, 2.75) is 12.5 Å². The Bertz CT molecular complexity index is 524. The molecule has 3 N–H and O–H groups in total. The van der Waals surface area contributed by atoms with E-state index in [-0.39, 0.29) is 29.1 Å². The van der Waals surface area contributed by atoms with Crippen molar-refractivity contribution < 1.29 is 13.2 Å². The fourth-order valence-electron chi connectivity index (χ4n) is 1.71. The molecule has 2 rings (SSSR count). The maximum Gasteiger partial charge on any atom is 0.270 e. The minimum absolute atomic E-state index is 0.00765. The van der Waals surface area contributed by atoms with E-state index in [9.17, 15) is 13.2 Å². The van der Waals surface area contributed by atoms with Crippen molar-refractivity contribution in [3.8, 4) is 0 Å². The summed E-state index contributed by atoms with van der Waals surface area (Å²) in [6, 6.07) is 2.77. The molecular formula is C10H13N3O3S. The fraction of sp³-hybridized carbons (Fsp3) is 0.400. The Morgan fingerprint density at radius 2 is 2.24 bits per heavy atom. The molecular weight excluding hydrogens is 242 g/mol. The summed E-state index contributed by atoms with van der Waals surface area (Å²) >= 11 is 0. The Morgan fingerprint density at radius 3 is 2.76 bits per heavy atom.